The molecule has 0 aliphatic heterocycles. The Morgan fingerprint density at radius 2 is 1.62 bits per heavy atom. The van der Waals surface area contributed by atoms with E-state index in [0.29, 0.717) is 22.6 Å². The molecule has 0 heterocycles. The molecule has 0 bridgehead atoms. The number of benzene rings is 2. The van der Waals surface area contributed by atoms with E-state index in [0.717, 1.165) is 25.2 Å². The van der Waals surface area contributed by atoms with Gasteiger partial charge in [-0.25, -0.2) is 0 Å². The Kier molecular flexibility index (Phi) is 6.08. The highest BCUT2D eigenvalue weighted by Gasteiger charge is 2.70. The molecule has 167 valence electrons. The van der Waals surface area contributed by atoms with Crippen molar-refractivity contribution in [2.75, 3.05) is 11.5 Å². The zero-order valence-corrected chi connectivity index (χ0v) is 16.5. The molecule has 2 aromatic rings. The number of nitrogen functional groups attached to an aromatic ring is 2. The fourth-order valence-electron chi connectivity index (χ4n) is 2.76. The smallest absolute Gasteiger partial charge is 0.398 e. The van der Waals surface area contributed by atoms with Crippen molar-refractivity contribution in [3.05, 3.63) is 47.5 Å². The molecule has 0 amide bonds. The van der Waals surface area contributed by atoms with Gasteiger partial charge in [-0.3, -0.25) is 0 Å². The first-order valence-electron chi connectivity index (χ1n) is 9.41. The van der Waals surface area contributed by atoms with E-state index in [-0.39, 0.29) is 16.9 Å². The monoisotopic (exact) mass is 451 g/mol. The zero-order chi connectivity index (χ0) is 23.7. The highest BCUT2D eigenvalue weighted by Crippen LogP contribution is 2.42. The molecule has 32 heavy (non-hydrogen) atoms. The molecule has 0 saturated heterocycles. The van der Waals surface area contributed by atoms with Gasteiger partial charge < -0.3 is 16.6 Å². The number of rotatable bonds is 2. The summed E-state index contributed by atoms with van der Waals surface area (Å²) in [6, 6.07) is 9.91. The number of aliphatic hydroxyl groups is 1. The van der Waals surface area contributed by atoms with Gasteiger partial charge in [0.25, 0.3) is 0 Å². The lowest BCUT2D eigenvalue weighted by Crippen LogP contribution is -2.55. The van der Waals surface area contributed by atoms with Crippen molar-refractivity contribution in [1.82, 2.24) is 0 Å². The number of halogens is 6. The Morgan fingerprint density at radius 1 is 0.969 bits per heavy atom. The van der Waals surface area contributed by atoms with Gasteiger partial charge >= 0.3 is 18.0 Å². The van der Waals surface area contributed by atoms with Crippen LogP contribution in [0.3, 0.4) is 0 Å². The van der Waals surface area contributed by atoms with Crippen LogP contribution in [-0.2, 0) is 0 Å². The fourth-order valence-corrected chi connectivity index (χ4v) is 2.76. The number of alkyl halides is 6. The summed E-state index contributed by atoms with van der Waals surface area (Å²) < 4.78 is 77.3. The fraction of sp³-hybridized carbons (Fsp3) is 0.304. The van der Waals surface area contributed by atoms with E-state index >= 15 is 0 Å². The summed E-state index contributed by atoms with van der Waals surface area (Å²) in [7, 11) is 0. The van der Waals surface area contributed by atoms with Gasteiger partial charge in [-0.15, -0.1) is 0 Å². The highest BCUT2D eigenvalue weighted by molar-refractivity contribution is 5.77. The van der Waals surface area contributed by atoms with Crippen LogP contribution >= 0.6 is 0 Å². The molecule has 0 aromatic heterocycles. The molecule has 0 atom stereocenters. The number of hydrogen-bond acceptors (Lipinski definition) is 3. The van der Waals surface area contributed by atoms with Crippen molar-refractivity contribution >= 4 is 11.4 Å². The molecule has 2 aromatic carbocycles. The Bertz CT molecular complexity index is 1130. The lowest BCUT2D eigenvalue weighted by Gasteiger charge is -2.27. The van der Waals surface area contributed by atoms with E-state index < -0.39 is 18.0 Å². The molecule has 9 heteroatoms. The second kappa shape index (κ2) is 8.33. The quantitative estimate of drug-likeness (QED) is 0.353. The van der Waals surface area contributed by atoms with Gasteiger partial charge in [-0.05, 0) is 60.1 Å². The third kappa shape index (κ3) is 4.95. The number of nitrogens with two attached hydrogens (primary N) is 2. The van der Waals surface area contributed by atoms with Crippen molar-refractivity contribution in [3.63, 3.8) is 0 Å². The zero-order valence-electron chi connectivity index (χ0n) is 16.5. The molecule has 3 rings (SSSR count). The summed E-state index contributed by atoms with van der Waals surface area (Å²) in [5.41, 5.74) is 7.48. The second-order valence-electron chi connectivity index (χ2n) is 7.42. The molecule has 1 aliphatic rings. The summed E-state index contributed by atoms with van der Waals surface area (Å²) in [6.07, 6.45) is -9.15. The van der Waals surface area contributed by atoms with E-state index in [2.05, 4.69) is 17.9 Å². The molecule has 1 radical (unpaired) electrons. The lowest BCUT2D eigenvalue weighted by atomic mass is 9.96. The minimum atomic E-state index is -6.06. The molecular formula is C23H17F6N2O. The van der Waals surface area contributed by atoms with Gasteiger partial charge in [-0.2, -0.15) is 26.3 Å². The third-order valence-corrected chi connectivity index (χ3v) is 4.85. The summed E-state index contributed by atoms with van der Waals surface area (Å²) >= 11 is 0. The molecule has 1 aliphatic carbocycles. The standard InChI is InChI=1S/C23H17F6N2O/c24-22(25,26)21(32,23(27,28)29)11-10-17-12-16(7-9-20(17)31)19-13-18(30)8-6-15(19)3-1-2-14-4-5-14/h6-7,9,12-14,32H,2,4-5,30-31H2. The van der Waals surface area contributed by atoms with E-state index in [4.69, 9.17) is 11.5 Å². The molecule has 1 fully saturated rings. The van der Waals surface area contributed by atoms with Crippen molar-refractivity contribution in [1.29, 1.82) is 0 Å². The normalized spacial score (nSPS) is 14.2. The van der Waals surface area contributed by atoms with Crippen molar-refractivity contribution < 1.29 is 31.4 Å². The van der Waals surface area contributed by atoms with Crippen LogP contribution in [0, 0.1) is 35.7 Å². The third-order valence-electron chi connectivity index (χ3n) is 4.85. The second-order valence-corrected chi connectivity index (χ2v) is 7.42. The average molecular weight is 451 g/mol. The van der Waals surface area contributed by atoms with Gasteiger partial charge in [0.1, 0.15) is 0 Å². The molecule has 0 unspecified atom stereocenters. The molecule has 1 saturated carbocycles. The Labute approximate surface area is 180 Å². The van der Waals surface area contributed by atoms with Gasteiger partial charge in [0, 0.05) is 35.0 Å². The first-order chi connectivity index (χ1) is 14.8. The van der Waals surface area contributed by atoms with Crippen LogP contribution in [0.5, 0.6) is 0 Å². The van der Waals surface area contributed by atoms with Gasteiger partial charge in [0.05, 0.1) is 0 Å². The van der Waals surface area contributed by atoms with Crippen molar-refractivity contribution in [2.45, 2.75) is 37.2 Å². The van der Waals surface area contributed by atoms with Crippen LogP contribution in [0.1, 0.15) is 30.4 Å². The minimum Gasteiger partial charge on any atom is -0.398 e. The van der Waals surface area contributed by atoms with Crippen LogP contribution in [0.25, 0.3) is 11.1 Å². The first-order valence-corrected chi connectivity index (χ1v) is 9.41. The van der Waals surface area contributed by atoms with Crippen molar-refractivity contribution in [3.8, 4) is 34.8 Å². The van der Waals surface area contributed by atoms with Gasteiger partial charge in [0.15, 0.2) is 0 Å². The summed E-state index contributed by atoms with van der Waals surface area (Å²) in [4.78, 5) is 0. The molecular weight excluding hydrogens is 434 g/mol. The Hall–Kier alpha value is -3.30. The predicted molar refractivity (Wildman–Crippen MR) is 108 cm³/mol. The first kappa shape index (κ1) is 23.4. The van der Waals surface area contributed by atoms with Crippen molar-refractivity contribution in [2.24, 2.45) is 5.92 Å². The van der Waals surface area contributed by atoms with Crippen LogP contribution in [0.15, 0.2) is 30.3 Å². The maximum absolute atomic E-state index is 12.9. The van der Waals surface area contributed by atoms with Gasteiger partial charge in [0.2, 0.25) is 0 Å². The van der Waals surface area contributed by atoms with Gasteiger partial charge in [-0.1, -0.05) is 23.8 Å². The Balaban J connectivity index is 2.05. The maximum Gasteiger partial charge on any atom is 0.438 e. The predicted octanol–water partition coefficient (Wildman–Crippen LogP) is 4.68. The minimum absolute atomic E-state index is 0.162. The number of anilines is 2. The van der Waals surface area contributed by atoms with Crippen LogP contribution in [0.4, 0.5) is 37.7 Å². The van der Waals surface area contributed by atoms with E-state index in [1.807, 2.05) is 0 Å². The summed E-state index contributed by atoms with van der Waals surface area (Å²) in [5.74, 6) is 9.27. The molecule has 3 nitrogen and oxygen atoms in total. The lowest BCUT2D eigenvalue weighted by molar-refractivity contribution is -0.343. The SMILES string of the molecule is Nc1[c]cc(C#CCC2CC2)c(-c2ccc(N)c(C#CC(O)(C(F)(F)F)C(F)(F)F)c2)c1. The van der Waals surface area contributed by atoms with E-state index in [1.165, 1.54) is 24.3 Å². The topological polar surface area (TPSA) is 72.3 Å². The summed E-state index contributed by atoms with van der Waals surface area (Å²) in [6.45, 7) is 0. The maximum atomic E-state index is 12.9. The van der Waals surface area contributed by atoms with E-state index in [1.54, 1.807) is 12.0 Å². The highest BCUT2D eigenvalue weighted by atomic mass is 19.4. The Morgan fingerprint density at radius 3 is 2.22 bits per heavy atom. The largest absolute Gasteiger partial charge is 0.438 e. The van der Waals surface area contributed by atoms with Crippen LogP contribution < -0.4 is 11.5 Å². The summed E-state index contributed by atoms with van der Waals surface area (Å²) in [5, 5.41) is 9.25. The number of hydrogen-bond donors (Lipinski definition) is 3. The van der Waals surface area contributed by atoms with E-state index in [9.17, 15) is 31.4 Å². The molecule has 0 spiro atoms. The van der Waals surface area contributed by atoms with Crippen LogP contribution in [-0.4, -0.2) is 23.1 Å². The molecule has 5 N–H and O–H groups in total. The van der Waals surface area contributed by atoms with Crippen LogP contribution in [0.2, 0.25) is 0 Å². The average Bonchev–Trinajstić information content (AvgIpc) is 3.51.